The molecule has 1 aliphatic heterocycles. The van der Waals surface area contributed by atoms with Gasteiger partial charge in [0.05, 0.1) is 6.42 Å². The Bertz CT molecular complexity index is 462. The topological polar surface area (TPSA) is 29.5 Å². The zero-order valence-electron chi connectivity index (χ0n) is 12.3. The first-order valence-electron chi connectivity index (χ1n) is 6.93. The monoisotopic (exact) mass is 261 g/mol. The Hall–Kier alpha value is -1.51. The molecular weight excluding hydrogens is 238 g/mol. The fourth-order valence-corrected chi connectivity index (χ4v) is 2.57. The molecule has 1 aliphatic rings. The van der Waals surface area contributed by atoms with E-state index < -0.39 is 5.60 Å². The van der Waals surface area contributed by atoms with E-state index in [0.29, 0.717) is 12.5 Å². The Balaban J connectivity index is 1.95. The minimum Gasteiger partial charge on any atom is -0.460 e. The largest absolute Gasteiger partial charge is 0.460 e. The Kier molecular flexibility index (Phi) is 3.83. The summed E-state index contributed by atoms with van der Waals surface area (Å²) in [4.78, 5) is 14.1. The van der Waals surface area contributed by atoms with Crippen LogP contribution in [0.2, 0.25) is 0 Å². The molecule has 0 spiro atoms. The summed E-state index contributed by atoms with van der Waals surface area (Å²) in [6.45, 7) is 8.64. The lowest BCUT2D eigenvalue weighted by Crippen LogP contribution is -2.33. The molecule has 1 aromatic carbocycles. The molecular formula is C16H23NO2. The number of para-hydroxylation sites is 1. The highest BCUT2D eigenvalue weighted by Gasteiger charge is 2.26. The van der Waals surface area contributed by atoms with Crippen LogP contribution in [0.3, 0.4) is 0 Å². The van der Waals surface area contributed by atoms with Gasteiger partial charge in [-0.15, -0.1) is 0 Å². The number of ether oxygens (including phenoxy) is 1. The van der Waals surface area contributed by atoms with Crippen molar-refractivity contribution >= 4 is 11.7 Å². The average Bonchev–Trinajstić information content (AvgIpc) is 2.60. The maximum Gasteiger partial charge on any atom is 0.308 e. The van der Waals surface area contributed by atoms with Gasteiger partial charge in [-0.2, -0.15) is 0 Å². The number of carbonyl (C=O) groups is 1. The van der Waals surface area contributed by atoms with Crippen LogP contribution < -0.4 is 4.90 Å². The molecule has 0 aromatic heterocycles. The van der Waals surface area contributed by atoms with Gasteiger partial charge in [0.25, 0.3) is 0 Å². The molecule has 3 heteroatoms. The standard InChI is InChI=1S/C16H23NO2/c1-12-11-13-7-5-6-8-14(13)17(12)10-9-15(18)19-16(2,3)4/h5-8,12H,9-11H2,1-4H3. The predicted octanol–water partition coefficient (Wildman–Crippen LogP) is 3.17. The van der Waals surface area contributed by atoms with Gasteiger partial charge in [-0.05, 0) is 45.7 Å². The van der Waals surface area contributed by atoms with Crippen molar-refractivity contribution in [2.45, 2.75) is 52.2 Å². The van der Waals surface area contributed by atoms with Crippen LogP contribution in [-0.2, 0) is 16.0 Å². The first-order chi connectivity index (χ1) is 8.87. The lowest BCUT2D eigenvalue weighted by Gasteiger charge is -2.25. The van der Waals surface area contributed by atoms with E-state index in [1.54, 1.807) is 0 Å². The second-order valence-electron chi connectivity index (χ2n) is 6.21. The summed E-state index contributed by atoms with van der Waals surface area (Å²) >= 11 is 0. The number of carbonyl (C=O) groups excluding carboxylic acids is 1. The Morgan fingerprint density at radius 2 is 2.05 bits per heavy atom. The maximum absolute atomic E-state index is 11.8. The molecule has 0 bridgehead atoms. The highest BCUT2D eigenvalue weighted by atomic mass is 16.6. The number of nitrogens with zero attached hydrogens (tertiary/aromatic N) is 1. The van der Waals surface area contributed by atoms with Crippen LogP contribution in [0.4, 0.5) is 5.69 Å². The molecule has 104 valence electrons. The first kappa shape index (κ1) is 13.9. The smallest absolute Gasteiger partial charge is 0.308 e. The zero-order chi connectivity index (χ0) is 14.0. The van der Waals surface area contributed by atoms with E-state index in [9.17, 15) is 4.79 Å². The van der Waals surface area contributed by atoms with Crippen LogP contribution in [0.25, 0.3) is 0 Å². The fourth-order valence-electron chi connectivity index (χ4n) is 2.57. The Morgan fingerprint density at radius 1 is 1.37 bits per heavy atom. The Morgan fingerprint density at radius 3 is 2.74 bits per heavy atom. The number of esters is 1. The van der Waals surface area contributed by atoms with E-state index in [2.05, 4.69) is 36.1 Å². The normalized spacial score (nSPS) is 18.3. The number of benzene rings is 1. The van der Waals surface area contributed by atoms with E-state index in [1.165, 1.54) is 11.3 Å². The molecule has 0 aliphatic carbocycles. The van der Waals surface area contributed by atoms with E-state index in [-0.39, 0.29) is 5.97 Å². The molecule has 1 heterocycles. The summed E-state index contributed by atoms with van der Waals surface area (Å²) < 4.78 is 5.36. The predicted molar refractivity (Wildman–Crippen MR) is 77.4 cm³/mol. The van der Waals surface area contributed by atoms with Crippen LogP contribution in [0.1, 0.15) is 39.7 Å². The Labute approximate surface area is 115 Å². The zero-order valence-corrected chi connectivity index (χ0v) is 12.3. The molecule has 19 heavy (non-hydrogen) atoms. The summed E-state index contributed by atoms with van der Waals surface area (Å²) in [5.74, 6) is -0.121. The minimum absolute atomic E-state index is 0.121. The minimum atomic E-state index is -0.397. The van der Waals surface area contributed by atoms with Crippen LogP contribution >= 0.6 is 0 Å². The van der Waals surface area contributed by atoms with Crippen molar-refractivity contribution in [3.8, 4) is 0 Å². The van der Waals surface area contributed by atoms with E-state index in [4.69, 9.17) is 4.74 Å². The number of rotatable bonds is 3. The fraction of sp³-hybridized carbons (Fsp3) is 0.562. The van der Waals surface area contributed by atoms with Gasteiger partial charge in [0, 0.05) is 18.3 Å². The summed E-state index contributed by atoms with van der Waals surface area (Å²) in [5, 5.41) is 0. The van der Waals surface area contributed by atoms with E-state index in [0.717, 1.165) is 13.0 Å². The van der Waals surface area contributed by atoms with Crippen LogP contribution in [0.15, 0.2) is 24.3 Å². The van der Waals surface area contributed by atoms with Gasteiger partial charge in [0.2, 0.25) is 0 Å². The van der Waals surface area contributed by atoms with Crippen molar-refractivity contribution in [3.63, 3.8) is 0 Å². The third-order valence-corrected chi connectivity index (χ3v) is 3.33. The molecule has 0 saturated carbocycles. The van der Waals surface area contributed by atoms with Crippen molar-refractivity contribution in [1.29, 1.82) is 0 Å². The van der Waals surface area contributed by atoms with Gasteiger partial charge in [-0.1, -0.05) is 18.2 Å². The lowest BCUT2D eigenvalue weighted by atomic mass is 10.1. The molecule has 1 aromatic rings. The number of hydrogen-bond acceptors (Lipinski definition) is 3. The maximum atomic E-state index is 11.8. The highest BCUT2D eigenvalue weighted by molar-refractivity contribution is 5.71. The molecule has 1 unspecified atom stereocenters. The van der Waals surface area contributed by atoms with Crippen molar-refractivity contribution in [2.24, 2.45) is 0 Å². The van der Waals surface area contributed by atoms with Crippen molar-refractivity contribution in [2.75, 3.05) is 11.4 Å². The quantitative estimate of drug-likeness (QED) is 0.783. The van der Waals surface area contributed by atoms with Crippen LogP contribution in [0.5, 0.6) is 0 Å². The third kappa shape index (κ3) is 3.49. The summed E-state index contributed by atoms with van der Waals surface area (Å²) in [6, 6.07) is 8.88. The lowest BCUT2D eigenvalue weighted by molar-refractivity contribution is -0.154. The second kappa shape index (κ2) is 5.24. The third-order valence-electron chi connectivity index (χ3n) is 3.33. The van der Waals surface area contributed by atoms with Gasteiger partial charge in [-0.25, -0.2) is 0 Å². The molecule has 0 saturated heterocycles. The summed E-state index contributed by atoms with van der Waals surface area (Å²) in [6.07, 6.45) is 1.50. The van der Waals surface area contributed by atoms with Crippen LogP contribution in [-0.4, -0.2) is 24.2 Å². The number of hydrogen-bond donors (Lipinski definition) is 0. The summed E-state index contributed by atoms with van der Waals surface area (Å²) in [7, 11) is 0. The SMILES string of the molecule is CC1Cc2ccccc2N1CCC(=O)OC(C)(C)C. The average molecular weight is 261 g/mol. The molecule has 0 fully saturated rings. The molecule has 3 nitrogen and oxygen atoms in total. The number of anilines is 1. The van der Waals surface area contributed by atoms with Crippen molar-refractivity contribution < 1.29 is 9.53 Å². The molecule has 0 radical (unpaired) electrons. The molecule has 0 amide bonds. The van der Waals surface area contributed by atoms with Crippen molar-refractivity contribution in [1.82, 2.24) is 0 Å². The van der Waals surface area contributed by atoms with Gasteiger partial charge in [0.15, 0.2) is 0 Å². The van der Waals surface area contributed by atoms with Gasteiger partial charge in [-0.3, -0.25) is 4.79 Å². The van der Waals surface area contributed by atoms with Crippen LogP contribution in [0, 0.1) is 0 Å². The first-order valence-corrected chi connectivity index (χ1v) is 6.93. The van der Waals surface area contributed by atoms with E-state index in [1.807, 2.05) is 20.8 Å². The second-order valence-corrected chi connectivity index (χ2v) is 6.21. The summed E-state index contributed by atoms with van der Waals surface area (Å²) in [5.41, 5.74) is 2.24. The molecule has 0 N–H and O–H groups in total. The van der Waals surface area contributed by atoms with Gasteiger partial charge < -0.3 is 9.64 Å². The highest BCUT2D eigenvalue weighted by Crippen LogP contribution is 2.31. The van der Waals surface area contributed by atoms with E-state index >= 15 is 0 Å². The van der Waals surface area contributed by atoms with Gasteiger partial charge >= 0.3 is 5.97 Å². The van der Waals surface area contributed by atoms with Crippen molar-refractivity contribution in [3.05, 3.63) is 29.8 Å². The van der Waals surface area contributed by atoms with Gasteiger partial charge in [0.1, 0.15) is 5.60 Å². The molecule has 2 rings (SSSR count). The number of fused-ring (bicyclic) bond motifs is 1. The molecule has 1 atom stereocenters.